The molecule has 0 radical (unpaired) electrons. The lowest BCUT2D eigenvalue weighted by Crippen LogP contribution is -2.44. The topological polar surface area (TPSA) is 4.93 Å². The van der Waals surface area contributed by atoms with Crippen LogP contribution in [0.15, 0.2) is 188 Å². The van der Waals surface area contributed by atoms with Crippen molar-refractivity contribution in [3.63, 3.8) is 0 Å². The van der Waals surface area contributed by atoms with Gasteiger partial charge in [0.15, 0.2) is 0 Å². The van der Waals surface area contributed by atoms with Crippen molar-refractivity contribution in [2.24, 2.45) is 0 Å². The van der Waals surface area contributed by atoms with E-state index in [4.69, 9.17) is 0 Å². The highest BCUT2D eigenvalue weighted by atomic mass is 15.0. The molecule has 0 aliphatic heterocycles. The van der Waals surface area contributed by atoms with Gasteiger partial charge in [-0.2, -0.15) is 0 Å². The quantitative estimate of drug-likeness (QED) is 0.167. The van der Waals surface area contributed by atoms with Crippen LogP contribution in [-0.4, -0.2) is 4.57 Å². The molecule has 0 bridgehead atoms. The lowest BCUT2D eigenvalue weighted by molar-refractivity contribution is 0.630. The van der Waals surface area contributed by atoms with Gasteiger partial charge < -0.3 is 4.57 Å². The summed E-state index contributed by atoms with van der Waals surface area (Å²) in [7, 11) is 0. The smallest absolute Gasteiger partial charge is 0.0740 e. The van der Waals surface area contributed by atoms with Crippen LogP contribution in [0, 0.1) is 0 Å². The summed E-state index contributed by atoms with van der Waals surface area (Å²) >= 11 is 0. The number of rotatable bonds is 1. The molecule has 236 valence electrons. The van der Waals surface area contributed by atoms with E-state index in [0.29, 0.717) is 0 Å². The van der Waals surface area contributed by atoms with Crippen LogP contribution in [0.1, 0.15) is 44.5 Å². The largest absolute Gasteiger partial charge is 0.309 e. The first-order valence-corrected chi connectivity index (χ1v) is 18.0. The van der Waals surface area contributed by atoms with Gasteiger partial charge in [0.1, 0.15) is 0 Å². The van der Waals surface area contributed by atoms with Crippen molar-refractivity contribution in [1.29, 1.82) is 0 Å². The molecule has 0 unspecified atom stereocenters. The summed E-state index contributed by atoms with van der Waals surface area (Å²) in [5, 5.41) is 2.55. The van der Waals surface area contributed by atoms with Crippen LogP contribution >= 0.6 is 0 Å². The standard InChI is InChI=1S/C50H31N/c1-7-22-38-32(16-1)33-17-2-8-23-39(33)49(38)42-26-11-12-27-43(42)50(40-24-9-3-18-34(40)35-19-4-10-25-41(35)50)48-44(49)28-15-31-47(48)51-45-29-13-5-20-36(45)37-21-6-14-30-46(37)51/h1-31H. The van der Waals surface area contributed by atoms with E-state index in [1.165, 1.54) is 94.3 Å². The lowest BCUT2D eigenvalue weighted by Gasteiger charge is -2.49. The minimum absolute atomic E-state index is 0.508. The Labute approximate surface area is 296 Å². The number of benzene rings is 8. The normalized spacial score (nSPS) is 15.0. The monoisotopic (exact) mass is 645 g/mol. The fourth-order valence-corrected chi connectivity index (χ4v) is 10.6. The van der Waals surface area contributed by atoms with Gasteiger partial charge in [-0.25, -0.2) is 0 Å². The van der Waals surface area contributed by atoms with Gasteiger partial charge >= 0.3 is 0 Å². The Kier molecular flexibility index (Phi) is 5.17. The maximum atomic E-state index is 2.56. The summed E-state index contributed by atoms with van der Waals surface area (Å²) in [6.45, 7) is 0. The van der Waals surface area contributed by atoms with Crippen LogP contribution < -0.4 is 0 Å². The van der Waals surface area contributed by atoms with Gasteiger partial charge in [-0.15, -0.1) is 0 Å². The van der Waals surface area contributed by atoms with E-state index in [9.17, 15) is 0 Å². The van der Waals surface area contributed by atoms with E-state index in [1.807, 2.05) is 0 Å². The summed E-state index contributed by atoms with van der Waals surface area (Å²) < 4.78 is 2.56. The highest BCUT2D eigenvalue weighted by molar-refractivity contribution is 6.09. The number of hydrogen-bond donors (Lipinski definition) is 0. The Morgan fingerprint density at radius 2 is 0.627 bits per heavy atom. The number of nitrogens with zero attached hydrogens (tertiary/aromatic N) is 1. The third-order valence-corrected chi connectivity index (χ3v) is 12.3. The summed E-state index contributed by atoms with van der Waals surface area (Å²) in [4.78, 5) is 0. The zero-order chi connectivity index (χ0) is 33.3. The van der Waals surface area contributed by atoms with Gasteiger partial charge in [0.25, 0.3) is 0 Å². The number of aromatic nitrogens is 1. The van der Waals surface area contributed by atoms with Gasteiger partial charge in [-0.3, -0.25) is 0 Å². The second-order valence-electron chi connectivity index (χ2n) is 14.3. The molecule has 8 aromatic carbocycles. The van der Waals surface area contributed by atoms with Crippen molar-refractivity contribution in [1.82, 2.24) is 4.57 Å². The number of fused-ring (bicyclic) bond motifs is 19. The molecule has 51 heavy (non-hydrogen) atoms. The van der Waals surface area contributed by atoms with E-state index in [2.05, 4.69) is 193 Å². The Balaban J connectivity index is 1.37. The van der Waals surface area contributed by atoms with E-state index < -0.39 is 10.8 Å². The van der Waals surface area contributed by atoms with Gasteiger partial charge in [-0.1, -0.05) is 170 Å². The number of para-hydroxylation sites is 2. The van der Waals surface area contributed by atoms with E-state index in [1.54, 1.807) is 0 Å². The molecule has 1 aromatic heterocycles. The van der Waals surface area contributed by atoms with E-state index in [0.717, 1.165) is 0 Å². The Bertz CT molecular complexity index is 2790. The molecule has 0 saturated carbocycles. The van der Waals surface area contributed by atoms with Gasteiger partial charge in [0.2, 0.25) is 0 Å². The van der Waals surface area contributed by atoms with Crippen molar-refractivity contribution in [2.75, 3.05) is 0 Å². The first-order valence-electron chi connectivity index (χ1n) is 18.0. The highest BCUT2D eigenvalue weighted by Crippen LogP contribution is 2.68. The Hall–Kier alpha value is -6.44. The third-order valence-electron chi connectivity index (χ3n) is 12.3. The van der Waals surface area contributed by atoms with Crippen LogP contribution in [0.5, 0.6) is 0 Å². The second-order valence-corrected chi connectivity index (χ2v) is 14.3. The molecule has 0 N–H and O–H groups in total. The zero-order valence-electron chi connectivity index (χ0n) is 27.8. The molecule has 0 fully saturated rings. The van der Waals surface area contributed by atoms with Crippen molar-refractivity contribution >= 4 is 21.8 Å². The summed E-state index contributed by atoms with van der Waals surface area (Å²) in [6.07, 6.45) is 0. The van der Waals surface area contributed by atoms with E-state index in [-0.39, 0.29) is 0 Å². The van der Waals surface area contributed by atoms with Crippen LogP contribution in [0.4, 0.5) is 0 Å². The molecule has 2 spiro atoms. The van der Waals surface area contributed by atoms with Crippen LogP contribution in [0.2, 0.25) is 0 Å². The maximum Gasteiger partial charge on any atom is 0.0740 e. The second kappa shape index (κ2) is 9.62. The van der Waals surface area contributed by atoms with E-state index >= 15 is 0 Å². The Morgan fingerprint density at radius 1 is 0.275 bits per heavy atom. The summed E-state index contributed by atoms with van der Waals surface area (Å²) in [6, 6.07) is 71.0. The molecule has 0 saturated heterocycles. The van der Waals surface area contributed by atoms with Crippen molar-refractivity contribution < 1.29 is 0 Å². The molecule has 9 aromatic rings. The third kappa shape index (κ3) is 3.07. The van der Waals surface area contributed by atoms with Crippen LogP contribution in [-0.2, 0) is 10.8 Å². The van der Waals surface area contributed by atoms with Crippen molar-refractivity contribution in [3.05, 3.63) is 233 Å². The molecule has 12 rings (SSSR count). The minimum Gasteiger partial charge on any atom is -0.309 e. The van der Waals surface area contributed by atoms with Crippen molar-refractivity contribution in [3.8, 4) is 27.9 Å². The zero-order valence-corrected chi connectivity index (χ0v) is 27.8. The molecule has 1 heterocycles. The van der Waals surface area contributed by atoms with Gasteiger partial charge in [0, 0.05) is 16.3 Å². The fraction of sp³-hybridized carbons (Fsp3) is 0.0400. The molecule has 1 heteroatoms. The molecule has 3 aliphatic carbocycles. The maximum absolute atomic E-state index is 2.56. The molecular formula is C50H31N. The average molecular weight is 646 g/mol. The predicted molar refractivity (Wildman–Crippen MR) is 209 cm³/mol. The molecule has 0 amide bonds. The molecule has 1 nitrogen and oxygen atoms in total. The van der Waals surface area contributed by atoms with Crippen LogP contribution in [0.3, 0.4) is 0 Å². The van der Waals surface area contributed by atoms with Crippen LogP contribution in [0.25, 0.3) is 49.7 Å². The molecule has 0 atom stereocenters. The number of hydrogen-bond acceptors (Lipinski definition) is 0. The first-order chi connectivity index (χ1) is 25.3. The summed E-state index contributed by atoms with van der Waals surface area (Å²) in [5.41, 5.74) is 18.7. The lowest BCUT2D eigenvalue weighted by atomic mass is 9.52. The SMILES string of the molecule is c1ccc2c(c1)-c1ccccc1C21c2ccccc2C2(c3ccccc3-c3ccccc32)c2c(-n3c4ccccc4c4ccccc43)cccc21. The highest BCUT2D eigenvalue weighted by Gasteiger charge is 2.59. The Morgan fingerprint density at radius 3 is 1.12 bits per heavy atom. The fourth-order valence-electron chi connectivity index (χ4n) is 10.6. The average Bonchev–Trinajstić information content (AvgIpc) is 3.80. The van der Waals surface area contributed by atoms with Gasteiger partial charge in [-0.05, 0) is 79.4 Å². The predicted octanol–water partition coefficient (Wildman–Crippen LogP) is 11.8. The summed E-state index contributed by atoms with van der Waals surface area (Å²) in [5.74, 6) is 0. The minimum atomic E-state index is -0.556. The molecule has 3 aliphatic rings. The molecular weight excluding hydrogens is 615 g/mol. The van der Waals surface area contributed by atoms with Gasteiger partial charge in [0.05, 0.1) is 27.6 Å². The first kappa shape index (κ1) is 27.4. The van der Waals surface area contributed by atoms with Crippen molar-refractivity contribution in [2.45, 2.75) is 10.8 Å².